The smallest absolute Gasteiger partial charge is 0.251 e. The van der Waals surface area contributed by atoms with Crippen LogP contribution in [0, 0.1) is 0 Å². The predicted molar refractivity (Wildman–Crippen MR) is 93.7 cm³/mol. The number of benzene rings is 2. The summed E-state index contributed by atoms with van der Waals surface area (Å²) in [5.41, 5.74) is 3.26. The van der Waals surface area contributed by atoms with Crippen LogP contribution in [0.2, 0.25) is 0 Å². The lowest BCUT2D eigenvalue weighted by Gasteiger charge is -2.20. The molecule has 1 amide bonds. The van der Waals surface area contributed by atoms with Gasteiger partial charge in [0.25, 0.3) is 5.91 Å². The molecular weight excluding hydrogens is 286 g/mol. The Balaban J connectivity index is 1.74. The normalized spacial score (nSPS) is 16.6. The van der Waals surface area contributed by atoms with Gasteiger partial charge in [0.1, 0.15) is 5.75 Å². The third-order valence-electron chi connectivity index (χ3n) is 4.05. The Bertz CT molecular complexity index is 719. The Kier molecular flexibility index (Phi) is 4.47. The molecule has 3 heteroatoms. The van der Waals surface area contributed by atoms with Crippen molar-refractivity contribution in [2.75, 3.05) is 11.5 Å². The van der Waals surface area contributed by atoms with Gasteiger partial charge in [-0.15, -0.1) is 0 Å². The molecule has 1 aliphatic rings. The van der Waals surface area contributed by atoms with Gasteiger partial charge in [-0.25, -0.2) is 0 Å². The van der Waals surface area contributed by atoms with Crippen LogP contribution < -0.4 is 9.64 Å². The van der Waals surface area contributed by atoms with Crippen LogP contribution in [0.4, 0.5) is 5.69 Å². The second kappa shape index (κ2) is 6.69. The van der Waals surface area contributed by atoms with Gasteiger partial charge in [0, 0.05) is 17.8 Å². The van der Waals surface area contributed by atoms with E-state index in [0.717, 1.165) is 23.4 Å². The number of hydrogen-bond acceptors (Lipinski definition) is 2. The first-order chi connectivity index (χ1) is 11.2. The lowest BCUT2D eigenvalue weighted by atomic mass is 10.1. The third-order valence-corrected chi connectivity index (χ3v) is 4.05. The van der Waals surface area contributed by atoms with E-state index in [1.165, 1.54) is 5.56 Å². The Hall–Kier alpha value is -2.55. The average molecular weight is 307 g/mol. The van der Waals surface area contributed by atoms with Crippen LogP contribution >= 0.6 is 0 Å². The zero-order valence-corrected chi connectivity index (χ0v) is 13.5. The lowest BCUT2D eigenvalue weighted by Crippen LogP contribution is -2.34. The lowest BCUT2D eigenvalue weighted by molar-refractivity contribution is -0.114. The van der Waals surface area contributed by atoms with E-state index < -0.39 is 0 Å². The summed E-state index contributed by atoms with van der Waals surface area (Å²) in [6.45, 7) is 4.70. The summed E-state index contributed by atoms with van der Waals surface area (Å²) in [7, 11) is 0. The van der Waals surface area contributed by atoms with Gasteiger partial charge in [-0.1, -0.05) is 30.3 Å². The minimum atomic E-state index is 0.0244. The molecule has 3 nitrogen and oxygen atoms in total. The van der Waals surface area contributed by atoms with Crippen molar-refractivity contribution in [2.24, 2.45) is 0 Å². The summed E-state index contributed by atoms with van der Waals surface area (Å²) in [5, 5.41) is 0. The van der Waals surface area contributed by atoms with Crippen LogP contribution in [0.5, 0.6) is 5.75 Å². The first-order valence-electron chi connectivity index (χ1n) is 8.01. The van der Waals surface area contributed by atoms with Crippen molar-refractivity contribution in [2.45, 2.75) is 26.3 Å². The molecular formula is C20H21NO2. The van der Waals surface area contributed by atoms with Crippen LogP contribution in [0.25, 0.3) is 6.08 Å². The van der Waals surface area contributed by atoms with Gasteiger partial charge < -0.3 is 9.64 Å². The van der Waals surface area contributed by atoms with E-state index in [1.807, 2.05) is 60.4 Å². The van der Waals surface area contributed by atoms with Crippen molar-refractivity contribution in [3.63, 3.8) is 0 Å². The molecule has 23 heavy (non-hydrogen) atoms. The standard InChI is InChI=1S/C20H21NO2/c1-3-23-18-11-8-16(9-12-18)10-13-20(22)21-15(2)14-17-6-4-5-7-19(17)21/h4-13,15H,3,14H2,1-2H3. The van der Waals surface area contributed by atoms with Crippen molar-refractivity contribution in [3.8, 4) is 5.75 Å². The molecule has 3 rings (SSSR count). The van der Waals surface area contributed by atoms with Gasteiger partial charge in [-0.05, 0) is 55.7 Å². The molecule has 1 heterocycles. The number of carbonyl (C=O) groups is 1. The largest absolute Gasteiger partial charge is 0.494 e. The van der Waals surface area contributed by atoms with Gasteiger partial charge in [0.05, 0.1) is 6.61 Å². The van der Waals surface area contributed by atoms with Crippen LogP contribution in [-0.4, -0.2) is 18.6 Å². The van der Waals surface area contributed by atoms with Gasteiger partial charge in [-0.2, -0.15) is 0 Å². The van der Waals surface area contributed by atoms with E-state index in [0.29, 0.717) is 6.61 Å². The molecule has 1 atom stereocenters. The summed E-state index contributed by atoms with van der Waals surface area (Å²) >= 11 is 0. The molecule has 0 N–H and O–H groups in total. The molecule has 1 unspecified atom stereocenters. The zero-order valence-electron chi connectivity index (χ0n) is 13.5. The van der Waals surface area contributed by atoms with E-state index >= 15 is 0 Å². The number of anilines is 1. The Morgan fingerprint density at radius 1 is 1.22 bits per heavy atom. The highest BCUT2D eigenvalue weighted by Gasteiger charge is 2.29. The predicted octanol–water partition coefficient (Wildman–Crippen LogP) is 4.08. The van der Waals surface area contributed by atoms with Crippen molar-refractivity contribution in [1.82, 2.24) is 0 Å². The molecule has 2 aromatic rings. The molecule has 0 aliphatic carbocycles. The first kappa shape index (κ1) is 15.3. The molecule has 1 aliphatic heterocycles. The number of ether oxygens (including phenoxy) is 1. The topological polar surface area (TPSA) is 29.5 Å². The zero-order chi connectivity index (χ0) is 16.2. The maximum Gasteiger partial charge on any atom is 0.251 e. The Morgan fingerprint density at radius 2 is 1.96 bits per heavy atom. The summed E-state index contributed by atoms with van der Waals surface area (Å²) in [4.78, 5) is 14.5. The number of para-hydroxylation sites is 1. The summed E-state index contributed by atoms with van der Waals surface area (Å²) in [6.07, 6.45) is 4.42. The van der Waals surface area contributed by atoms with Gasteiger partial charge in [0.2, 0.25) is 0 Å². The second-order valence-corrected chi connectivity index (χ2v) is 5.73. The van der Waals surface area contributed by atoms with Crippen LogP contribution in [0.1, 0.15) is 25.0 Å². The molecule has 0 fully saturated rings. The van der Waals surface area contributed by atoms with E-state index in [4.69, 9.17) is 4.74 Å². The molecule has 0 saturated carbocycles. The number of rotatable bonds is 4. The number of amides is 1. The van der Waals surface area contributed by atoms with E-state index in [9.17, 15) is 4.79 Å². The fourth-order valence-electron chi connectivity index (χ4n) is 2.99. The number of fused-ring (bicyclic) bond motifs is 1. The number of carbonyl (C=O) groups excluding carboxylic acids is 1. The Morgan fingerprint density at radius 3 is 2.70 bits per heavy atom. The summed E-state index contributed by atoms with van der Waals surface area (Å²) < 4.78 is 5.42. The fraction of sp³-hybridized carbons (Fsp3) is 0.250. The second-order valence-electron chi connectivity index (χ2n) is 5.73. The third kappa shape index (κ3) is 3.29. The molecule has 0 saturated heterocycles. The molecule has 0 bridgehead atoms. The monoisotopic (exact) mass is 307 g/mol. The number of nitrogens with zero attached hydrogens (tertiary/aromatic N) is 1. The van der Waals surface area contributed by atoms with Crippen molar-refractivity contribution in [3.05, 3.63) is 65.7 Å². The van der Waals surface area contributed by atoms with E-state index in [-0.39, 0.29) is 11.9 Å². The maximum absolute atomic E-state index is 12.6. The summed E-state index contributed by atoms with van der Waals surface area (Å²) in [6, 6.07) is 16.1. The van der Waals surface area contributed by atoms with Crippen LogP contribution in [0.3, 0.4) is 0 Å². The number of hydrogen-bond donors (Lipinski definition) is 0. The van der Waals surface area contributed by atoms with Gasteiger partial charge in [-0.3, -0.25) is 4.79 Å². The highest BCUT2D eigenvalue weighted by Crippen LogP contribution is 2.32. The summed E-state index contributed by atoms with van der Waals surface area (Å²) in [5.74, 6) is 0.870. The fourth-order valence-corrected chi connectivity index (χ4v) is 2.99. The average Bonchev–Trinajstić information content (AvgIpc) is 2.90. The SMILES string of the molecule is CCOc1ccc(C=CC(=O)N2c3ccccc3CC2C)cc1. The van der Waals surface area contributed by atoms with E-state index in [1.54, 1.807) is 6.08 Å². The van der Waals surface area contributed by atoms with Crippen molar-refractivity contribution < 1.29 is 9.53 Å². The maximum atomic E-state index is 12.6. The molecule has 0 aromatic heterocycles. The molecule has 0 spiro atoms. The minimum Gasteiger partial charge on any atom is -0.494 e. The van der Waals surface area contributed by atoms with E-state index in [2.05, 4.69) is 13.0 Å². The highest BCUT2D eigenvalue weighted by atomic mass is 16.5. The highest BCUT2D eigenvalue weighted by molar-refractivity contribution is 6.05. The van der Waals surface area contributed by atoms with Gasteiger partial charge >= 0.3 is 0 Å². The molecule has 0 radical (unpaired) electrons. The molecule has 118 valence electrons. The minimum absolute atomic E-state index is 0.0244. The van der Waals surface area contributed by atoms with Crippen molar-refractivity contribution in [1.29, 1.82) is 0 Å². The quantitative estimate of drug-likeness (QED) is 0.797. The van der Waals surface area contributed by atoms with Gasteiger partial charge in [0.15, 0.2) is 0 Å². The molecule has 2 aromatic carbocycles. The first-order valence-corrected chi connectivity index (χ1v) is 8.01. The Labute approximate surface area is 137 Å². The van der Waals surface area contributed by atoms with Crippen LogP contribution in [-0.2, 0) is 11.2 Å². The van der Waals surface area contributed by atoms with Crippen LogP contribution in [0.15, 0.2) is 54.6 Å². The van der Waals surface area contributed by atoms with Crippen molar-refractivity contribution >= 4 is 17.7 Å².